The van der Waals surface area contributed by atoms with Crippen LogP contribution < -0.4 is 5.73 Å². The Morgan fingerprint density at radius 3 is 2.82 bits per heavy atom. The average molecular weight is 230 g/mol. The topological polar surface area (TPSA) is 107 Å². The monoisotopic (exact) mass is 230 g/mol. The largest absolute Gasteiger partial charge is 0.383 e. The van der Waals surface area contributed by atoms with Gasteiger partial charge >= 0.3 is 0 Å². The first-order chi connectivity index (χ1) is 8.18. The fourth-order valence-corrected chi connectivity index (χ4v) is 1.90. The van der Waals surface area contributed by atoms with Gasteiger partial charge in [-0.3, -0.25) is 5.10 Å². The van der Waals surface area contributed by atoms with E-state index >= 15 is 0 Å². The van der Waals surface area contributed by atoms with Gasteiger partial charge in [0.15, 0.2) is 5.65 Å². The number of nitrogens with one attached hydrogen (secondary N) is 1. The zero-order chi connectivity index (χ0) is 12.0. The molecule has 7 heteroatoms. The molecule has 86 valence electrons. The standard InChI is InChI=1S/C10H10N6O/c1-4-6(5(2)17-16-4)8-7-9(11)12-3-13-10(7)15-14-8/h3H,1-2H3,(H3,11,12,13,14,15). The predicted molar refractivity (Wildman–Crippen MR) is 61.1 cm³/mol. The Labute approximate surface area is 96.0 Å². The molecule has 3 aromatic rings. The quantitative estimate of drug-likeness (QED) is 0.650. The van der Waals surface area contributed by atoms with Gasteiger partial charge in [-0.2, -0.15) is 5.10 Å². The van der Waals surface area contributed by atoms with Gasteiger partial charge in [0, 0.05) is 0 Å². The number of hydrogen-bond donors (Lipinski definition) is 2. The van der Waals surface area contributed by atoms with Crippen LogP contribution in [0.2, 0.25) is 0 Å². The van der Waals surface area contributed by atoms with Gasteiger partial charge in [0.25, 0.3) is 0 Å². The van der Waals surface area contributed by atoms with E-state index in [0.717, 1.165) is 17.0 Å². The Hall–Kier alpha value is -2.44. The summed E-state index contributed by atoms with van der Waals surface area (Å²) < 4.78 is 5.13. The molecule has 0 aliphatic rings. The Morgan fingerprint density at radius 2 is 2.12 bits per heavy atom. The molecule has 0 aliphatic carbocycles. The van der Waals surface area contributed by atoms with Crippen LogP contribution in [-0.4, -0.2) is 25.3 Å². The van der Waals surface area contributed by atoms with Crippen LogP contribution in [0.3, 0.4) is 0 Å². The Bertz CT molecular complexity index is 678. The smallest absolute Gasteiger partial charge is 0.186 e. The maximum Gasteiger partial charge on any atom is 0.186 e. The summed E-state index contributed by atoms with van der Waals surface area (Å²) in [5, 5.41) is 11.6. The molecule has 0 radical (unpaired) electrons. The van der Waals surface area contributed by atoms with Crippen LogP contribution in [0.5, 0.6) is 0 Å². The van der Waals surface area contributed by atoms with E-state index in [1.807, 2.05) is 13.8 Å². The van der Waals surface area contributed by atoms with Gasteiger partial charge in [-0.25, -0.2) is 9.97 Å². The third-order valence-corrected chi connectivity index (χ3v) is 2.66. The summed E-state index contributed by atoms with van der Waals surface area (Å²) in [6.07, 6.45) is 1.38. The van der Waals surface area contributed by atoms with Gasteiger partial charge in [-0.15, -0.1) is 0 Å². The number of nitrogen functional groups attached to an aromatic ring is 1. The van der Waals surface area contributed by atoms with Crippen LogP contribution in [0.4, 0.5) is 5.82 Å². The van der Waals surface area contributed by atoms with Crippen LogP contribution >= 0.6 is 0 Å². The number of rotatable bonds is 1. The molecule has 0 atom stereocenters. The van der Waals surface area contributed by atoms with Crippen molar-refractivity contribution in [1.29, 1.82) is 0 Å². The summed E-state index contributed by atoms with van der Waals surface area (Å²) in [5.41, 5.74) is 8.75. The molecule has 0 saturated carbocycles. The molecule has 3 N–H and O–H groups in total. The lowest BCUT2D eigenvalue weighted by Gasteiger charge is -1.98. The third kappa shape index (κ3) is 1.28. The van der Waals surface area contributed by atoms with Crippen LogP contribution in [0.15, 0.2) is 10.9 Å². The van der Waals surface area contributed by atoms with E-state index in [9.17, 15) is 0 Å². The lowest BCUT2D eigenvalue weighted by molar-refractivity contribution is 0.393. The Kier molecular flexibility index (Phi) is 1.88. The molecular weight excluding hydrogens is 220 g/mol. The Balaban J connectivity index is 2.39. The van der Waals surface area contributed by atoms with E-state index in [-0.39, 0.29) is 0 Å². The summed E-state index contributed by atoms with van der Waals surface area (Å²) in [6.45, 7) is 3.69. The van der Waals surface area contributed by atoms with Crippen molar-refractivity contribution < 1.29 is 4.52 Å². The van der Waals surface area contributed by atoms with Gasteiger partial charge < -0.3 is 10.3 Å². The minimum Gasteiger partial charge on any atom is -0.383 e. The van der Waals surface area contributed by atoms with Crippen LogP contribution in [-0.2, 0) is 0 Å². The number of aromatic amines is 1. The van der Waals surface area contributed by atoms with Crippen molar-refractivity contribution in [2.45, 2.75) is 13.8 Å². The molecule has 0 unspecified atom stereocenters. The molecular formula is C10H10N6O. The summed E-state index contributed by atoms with van der Waals surface area (Å²) in [5.74, 6) is 1.09. The molecule has 3 aromatic heterocycles. The number of anilines is 1. The number of fused-ring (bicyclic) bond motifs is 1. The van der Waals surface area contributed by atoms with Crippen molar-refractivity contribution in [2.24, 2.45) is 0 Å². The van der Waals surface area contributed by atoms with E-state index in [1.54, 1.807) is 0 Å². The van der Waals surface area contributed by atoms with E-state index in [4.69, 9.17) is 10.3 Å². The highest BCUT2D eigenvalue weighted by Gasteiger charge is 2.19. The molecule has 17 heavy (non-hydrogen) atoms. The summed E-state index contributed by atoms with van der Waals surface area (Å²) in [4.78, 5) is 8.01. The molecule has 0 bridgehead atoms. The van der Waals surface area contributed by atoms with Crippen molar-refractivity contribution in [3.63, 3.8) is 0 Å². The zero-order valence-corrected chi connectivity index (χ0v) is 9.35. The third-order valence-electron chi connectivity index (χ3n) is 2.66. The first-order valence-electron chi connectivity index (χ1n) is 5.06. The highest BCUT2D eigenvalue weighted by atomic mass is 16.5. The first-order valence-corrected chi connectivity index (χ1v) is 5.06. The van der Waals surface area contributed by atoms with E-state index < -0.39 is 0 Å². The molecule has 0 amide bonds. The second-order valence-electron chi connectivity index (χ2n) is 3.76. The van der Waals surface area contributed by atoms with Crippen molar-refractivity contribution in [2.75, 3.05) is 5.73 Å². The fraction of sp³-hybridized carbons (Fsp3) is 0.200. The molecule has 0 aliphatic heterocycles. The van der Waals surface area contributed by atoms with Crippen molar-refractivity contribution in [3.8, 4) is 11.3 Å². The van der Waals surface area contributed by atoms with Crippen LogP contribution in [0, 0.1) is 13.8 Å². The van der Waals surface area contributed by atoms with Gasteiger partial charge in [-0.05, 0) is 13.8 Å². The molecule has 7 nitrogen and oxygen atoms in total. The lowest BCUT2D eigenvalue weighted by Crippen LogP contribution is -1.93. The molecule has 0 fully saturated rings. The number of nitrogens with two attached hydrogens (primary N) is 1. The molecule has 0 saturated heterocycles. The average Bonchev–Trinajstić information content (AvgIpc) is 2.84. The number of nitrogens with zero attached hydrogens (tertiary/aromatic N) is 4. The highest BCUT2D eigenvalue weighted by molar-refractivity contribution is 5.98. The van der Waals surface area contributed by atoms with Crippen molar-refractivity contribution in [3.05, 3.63) is 17.8 Å². The summed E-state index contributed by atoms with van der Waals surface area (Å²) in [6, 6.07) is 0. The SMILES string of the molecule is Cc1noc(C)c1-c1[nH]nc2ncnc(N)c12. The maximum atomic E-state index is 5.85. The number of hydrogen-bond acceptors (Lipinski definition) is 6. The van der Waals surface area contributed by atoms with Crippen molar-refractivity contribution >= 4 is 16.9 Å². The van der Waals surface area contributed by atoms with Crippen LogP contribution in [0.1, 0.15) is 11.5 Å². The number of H-pyrrole nitrogens is 1. The molecule has 3 heterocycles. The van der Waals surface area contributed by atoms with Gasteiger partial charge in [0.05, 0.1) is 22.3 Å². The van der Waals surface area contributed by atoms with Gasteiger partial charge in [0.1, 0.15) is 17.9 Å². The molecule has 3 rings (SSSR count). The van der Waals surface area contributed by atoms with E-state index in [2.05, 4.69) is 25.3 Å². The minimum atomic E-state index is 0.388. The van der Waals surface area contributed by atoms with E-state index in [0.29, 0.717) is 22.6 Å². The Morgan fingerprint density at radius 1 is 1.29 bits per heavy atom. The normalized spacial score (nSPS) is 11.2. The molecule has 0 aromatic carbocycles. The van der Waals surface area contributed by atoms with Crippen LogP contribution in [0.25, 0.3) is 22.3 Å². The fourth-order valence-electron chi connectivity index (χ4n) is 1.90. The maximum absolute atomic E-state index is 5.85. The summed E-state index contributed by atoms with van der Waals surface area (Å²) in [7, 11) is 0. The van der Waals surface area contributed by atoms with E-state index in [1.165, 1.54) is 6.33 Å². The lowest BCUT2D eigenvalue weighted by atomic mass is 10.1. The number of aromatic nitrogens is 5. The number of aryl methyl sites for hydroxylation is 2. The van der Waals surface area contributed by atoms with Crippen molar-refractivity contribution in [1.82, 2.24) is 25.3 Å². The second kappa shape index (κ2) is 3.27. The second-order valence-corrected chi connectivity index (χ2v) is 3.76. The highest BCUT2D eigenvalue weighted by Crippen LogP contribution is 2.32. The minimum absolute atomic E-state index is 0.388. The van der Waals surface area contributed by atoms with Gasteiger partial charge in [0.2, 0.25) is 0 Å². The molecule has 0 spiro atoms. The predicted octanol–water partition coefficient (Wildman–Crippen LogP) is 1.21. The van der Waals surface area contributed by atoms with Gasteiger partial charge in [-0.1, -0.05) is 5.16 Å². The zero-order valence-electron chi connectivity index (χ0n) is 9.35. The first kappa shape index (κ1) is 9.76. The summed E-state index contributed by atoms with van der Waals surface area (Å²) >= 11 is 0.